The number of benzene rings is 1. The van der Waals surface area contributed by atoms with Gasteiger partial charge in [0, 0.05) is 12.1 Å². The Labute approximate surface area is 121 Å². The number of rotatable bonds is 6. The van der Waals surface area contributed by atoms with Crippen LogP contribution >= 0.6 is 0 Å². The van der Waals surface area contributed by atoms with Gasteiger partial charge in [-0.15, -0.1) is 0 Å². The van der Waals surface area contributed by atoms with Crippen molar-refractivity contribution in [3.63, 3.8) is 0 Å². The first-order chi connectivity index (χ1) is 10.3. The molecule has 0 aliphatic carbocycles. The van der Waals surface area contributed by atoms with Gasteiger partial charge in [-0.25, -0.2) is 4.79 Å². The Kier molecular flexibility index (Phi) is 3.92. The van der Waals surface area contributed by atoms with Crippen LogP contribution in [0.1, 0.15) is 19.3 Å². The fourth-order valence-corrected chi connectivity index (χ4v) is 2.36. The summed E-state index contributed by atoms with van der Waals surface area (Å²) in [4.78, 5) is 11.4. The minimum Gasteiger partial charge on any atom is -0.492 e. The van der Waals surface area contributed by atoms with Gasteiger partial charge in [-0.05, 0) is 37.9 Å². The summed E-state index contributed by atoms with van der Waals surface area (Å²) >= 11 is 0. The standard InChI is InChI=1S/C16H17NO4/c17-7-2-1-3-8-20-16-11-4-5-15(18)21-14(11)10-13-12(16)6-9-19-13/h4-6,9-10H,1-3,7-8,17H2. The van der Waals surface area contributed by atoms with Crippen molar-refractivity contribution in [3.05, 3.63) is 40.9 Å². The van der Waals surface area contributed by atoms with E-state index in [-0.39, 0.29) is 5.63 Å². The van der Waals surface area contributed by atoms with E-state index in [1.54, 1.807) is 18.4 Å². The van der Waals surface area contributed by atoms with Gasteiger partial charge in [0.25, 0.3) is 0 Å². The van der Waals surface area contributed by atoms with Gasteiger partial charge in [0.05, 0.1) is 23.6 Å². The molecule has 0 aliphatic rings. The number of hydrogen-bond acceptors (Lipinski definition) is 5. The Hall–Kier alpha value is -2.27. The van der Waals surface area contributed by atoms with E-state index in [1.807, 2.05) is 6.07 Å². The largest absolute Gasteiger partial charge is 0.492 e. The van der Waals surface area contributed by atoms with E-state index in [9.17, 15) is 4.79 Å². The van der Waals surface area contributed by atoms with E-state index in [0.29, 0.717) is 30.1 Å². The Balaban J connectivity index is 1.96. The molecule has 0 radical (unpaired) electrons. The van der Waals surface area contributed by atoms with Crippen molar-refractivity contribution in [1.29, 1.82) is 0 Å². The maximum atomic E-state index is 11.4. The lowest BCUT2D eigenvalue weighted by Gasteiger charge is -2.09. The fourth-order valence-electron chi connectivity index (χ4n) is 2.36. The first kappa shape index (κ1) is 13.7. The summed E-state index contributed by atoms with van der Waals surface area (Å²) in [6, 6.07) is 6.70. The van der Waals surface area contributed by atoms with Crippen LogP contribution in [0.5, 0.6) is 5.75 Å². The molecule has 0 amide bonds. The molecule has 21 heavy (non-hydrogen) atoms. The third-order valence-corrected chi connectivity index (χ3v) is 3.40. The lowest BCUT2D eigenvalue weighted by atomic mass is 10.1. The van der Waals surface area contributed by atoms with Crippen molar-refractivity contribution in [3.8, 4) is 5.75 Å². The summed E-state index contributed by atoms with van der Waals surface area (Å²) in [7, 11) is 0. The van der Waals surface area contributed by atoms with Crippen LogP contribution in [0, 0.1) is 0 Å². The molecule has 0 aliphatic heterocycles. The molecular formula is C16H17NO4. The number of hydrogen-bond donors (Lipinski definition) is 1. The highest BCUT2D eigenvalue weighted by atomic mass is 16.5. The van der Waals surface area contributed by atoms with Gasteiger partial charge >= 0.3 is 5.63 Å². The van der Waals surface area contributed by atoms with Crippen molar-refractivity contribution in [2.45, 2.75) is 19.3 Å². The molecule has 0 fully saturated rings. The van der Waals surface area contributed by atoms with Gasteiger partial charge in [-0.2, -0.15) is 0 Å². The molecule has 2 N–H and O–H groups in total. The van der Waals surface area contributed by atoms with Crippen molar-refractivity contribution >= 4 is 21.9 Å². The molecule has 1 aromatic carbocycles. The first-order valence-electron chi connectivity index (χ1n) is 7.06. The summed E-state index contributed by atoms with van der Waals surface area (Å²) in [5, 5.41) is 1.66. The molecule has 5 nitrogen and oxygen atoms in total. The van der Waals surface area contributed by atoms with Crippen molar-refractivity contribution in [1.82, 2.24) is 0 Å². The molecule has 0 bridgehead atoms. The van der Waals surface area contributed by atoms with Gasteiger partial charge in [0.2, 0.25) is 0 Å². The summed E-state index contributed by atoms with van der Waals surface area (Å²) in [6.07, 6.45) is 4.56. The average molecular weight is 287 g/mol. The zero-order chi connectivity index (χ0) is 14.7. The maximum absolute atomic E-state index is 11.4. The van der Waals surface area contributed by atoms with Crippen molar-refractivity contribution < 1.29 is 13.6 Å². The summed E-state index contributed by atoms with van der Waals surface area (Å²) in [5.41, 5.74) is 6.21. The van der Waals surface area contributed by atoms with E-state index >= 15 is 0 Å². The highest BCUT2D eigenvalue weighted by molar-refractivity contribution is 6.01. The highest BCUT2D eigenvalue weighted by Gasteiger charge is 2.13. The first-order valence-corrected chi connectivity index (χ1v) is 7.06. The van der Waals surface area contributed by atoms with E-state index in [1.165, 1.54) is 6.07 Å². The van der Waals surface area contributed by atoms with Gasteiger partial charge in [0.15, 0.2) is 0 Å². The summed E-state index contributed by atoms with van der Waals surface area (Å²) in [5.74, 6) is 0.702. The predicted octanol–water partition coefficient (Wildman–Crippen LogP) is 3.05. The Morgan fingerprint density at radius 2 is 1.90 bits per heavy atom. The number of fused-ring (bicyclic) bond motifs is 2. The third-order valence-electron chi connectivity index (χ3n) is 3.40. The molecule has 0 unspecified atom stereocenters. The summed E-state index contributed by atoms with van der Waals surface area (Å²) < 4.78 is 16.5. The normalized spacial score (nSPS) is 11.3. The molecule has 2 aromatic heterocycles. The lowest BCUT2D eigenvalue weighted by molar-refractivity contribution is 0.312. The van der Waals surface area contributed by atoms with Crippen molar-refractivity contribution in [2.75, 3.05) is 13.2 Å². The molecule has 2 heterocycles. The van der Waals surface area contributed by atoms with Crippen LogP contribution < -0.4 is 16.1 Å². The molecule has 3 aromatic rings. The average Bonchev–Trinajstić information content (AvgIpc) is 2.93. The van der Waals surface area contributed by atoms with Crippen LogP contribution in [0.4, 0.5) is 0 Å². The van der Waals surface area contributed by atoms with E-state index in [2.05, 4.69) is 0 Å². The zero-order valence-electron chi connectivity index (χ0n) is 11.6. The van der Waals surface area contributed by atoms with Crippen LogP contribution in [0.15, 0.2) is 44.2 Å². The highest BCUT2D eigenvalue weighted by Crippen LogP contribution is 2.35. The molecule has 3 rings (SSSR count). The van der Waals surface area contributed by atoms with Crippen LogP contribution in [0.2, 0.25) is 0 Å². The van der Waals surface area contributed by atoms with Crippen molar-refractivity contribution in [2.24, 2.45) is 5.73 Å². The lowest BCUT2D eigenvalue weighted by Crippen LogP contribution is -2.02. The molecule has 0 spiro atoms. The molecule has 0 atom stereocenters. The van der Waals surface area contributed by atoms with Gasteiger partial charge in [-0.3, -0.25) is 0 Å². The van der Waals surface area contributed by atoms with Crippen LogP contribution in [-0.2, 0) is 0 Å². The monoisotopic (exact) mass is 287 g/mol. The second-order valence-electron chi connectivity index (χ2n) is 4.90. The SMILES string of the molecule is NCCCCCOc1c2ccoc2cc2oc(=O)ccc12. The zero-order valence-corrected chi connectivity index (χ0v) is 11.6. The van der Waals surface area contributed by atoms with Gasteiger partial charge in [-0.1, -0.05) is 0 Å². The topological polar surface area (TPSA) is 78.6 Å². The van der Waals surface area contributed by atoms with Crippen LogP contribution in [0.3, 0.4) is 0 Å². The molecule has 5 heteroatoms. The smallest absolute Gasteiger partial charge is 0.336 e. The van der Waals surface area contributed by atoms with Gasteiger partial charge < -0.3 is 19.3 Å². The van der Waals surface area contributed by atoms with E-state index < -0.39 is 0 Å². The summed E-state index contributed by atoms with van der Waals surface area (Å²) in [6.45, 7) is 1.30. The van der Waals surface area contributed by atoms with Crippen LogP contribution in [-0.4, -0.2) is 13.2 Å². The predicted molar refractivity (Wildman–Crippen MR) is 80.7 cm³/mol. The van der Waals surface area contributed by atoms with Gasteiger partial charge in [0.1, 0.15) is 16.9 Å². The Morgan fingerprint density at radius 1 is 1.05 bits per heavy atom. The molecule has 110 valence electrons. The second kappa shape index (κ2) is 6.01. The molecular weight excluding hydrogens is 270 g/mol. The quantitative estimate of drug-likeness (QED) is 0.557. The minimum absolute atomic E-state index is 0.387. The Morgan fingerprint density at radius 3 is 2.76 bits per heavy atom. The second-order valence-corrected chi connectivity index (χ2v) is 4.90. The van der Waals surface area contributed by atoms with E-state index in [0.717, 1.165) is 30.0 Å². The van der Waals surface area contributed by atoms with Crippen LogP contribution in [0.25, 0.3) is 21.9 Å². The molecule has 0 saturated heterocycles. The number of ether oxygens (including phenoxy) is 1. The van der Waals surface area contributed by atoms with E-state index in [4.69, 9.17) is 19.3 Å². The number of furan rings is 1. The Bertz CT molecular complexity index is 803. The number of unbranched alkanes of at least 4 members (excludes halogenated alkanes) is 2. The maximum Gasteiger partial charge on any atom is 0.336 e. The third kappa shape index (κ3) is 2.78. The molecule has 0 saturated carbocycles. The minimum atomic E-state index is -0.387. The number of nitrogens with two attached hydrogens (primary N) is 1. The fraction of sp³-hybridized carbons (Fsp3) is 0.312.